The predicted octanol–water partition coefficient (Wildman–Crippen LogP) is 11.1. The summed E-state index contributed by atoms with van der Waals surface area (Å²) in [6.45, 7) is 9.15. The van der Waals surface area contributed by atoms with Gasteiger partial charge in [-0.1, -0.05) is 117 Å². The third-order valence-electron chi connectivity index (χ3n) is 8.79. The van der Waals surface area contributed by atoms with E-state index in [-0.39, 0.29) is 0 Å². The van der Waals surface area contributed by atoms with Crippen LogP contribution in [0.15, 0.2) is 24.3 Å². The second-order valence-corrected chi connectivity index (χ2v) is 12.4. The lowest BCUT2D eigenvalue weighted by Crippen LogP contribution is -2.06. The zero-order valence-corrected chi connectivity index (χ0v) is 27.0. The van der Waals surface area contributed by atoms with E-state index < -0.39 is 0 Å². The lowest BCUT2D eigenvalue weighted by atomic mass is 9.89. The van der Waals surface area contributed by atoms with Gasteiger partial charge in [0.15, 0.2) is 0 Å². The Morgan fingerprint density at radius 2 is 0.600 bits per heavy atom. The molecule has 0 saturated heterocycles. The van der Waals surface area contributed by atoms with Gasteiger partial charge in [0.2, 0.25) is 0 Å². The van der Waals surface area contributed by atoms with Crippen LogP contribution in [0.4, 0.5) is 11.4 Å². The van der Waals surface area contributed by atoms with E-state index in [0.29, 0.717) is 0 Å². The molecule has 0 heterocycles. The highest BCUT2D eigenvalue weighted by Crippen LogP contribution is 2.28. The zero-order valence-electron chi connectivity index (χ0n) is 27.0. The molecule has 0 unspecified atom stereocenters. The molecular weight excluding hydrogens is 484 g/mol. The van der Waals surface area contributed by atoms with Crippen molar-refractivity contribution in [1.82, 2.24) is 0 Å². The molecule has 0 radical (unpaired) electrons. The van der Waals surface area contributed by atoms with Gasteiger partial charge in [-0.3, -0.25) is 0 Å². The number of anilines is 2. The summed E-state index contributed by atoms with van der Waals surface area (Å²) in [7, 11) is 0. The van der Waals surface area contributed by atoms with Gasteiger partial charge in [-0.05, 0) is 110 Å². The van der Waals surface area contributed by atoms with Crippen molar-refractivity contribution < 1.29 is 0 Å². The molecule has 0 aliphatic carbocycles. The molecule has 40 heavy (non-hydrogen) atoms. The molecule has 0 saturated carbocycles. The standard InChI is InChI=1S/C38H64N2/c1-5-9-13-17-21-31-29-37(39)35(23-19-15-11-7-3)27-33(31)25-26-34-28-36(24-20-16-12-8-4)38(40)30-32(34)22-18-14-10-6-2/h27-30H,5-26,39-40H2,1-4H3. The van der Waals surface area contributed by atoms with Gasteiger partial charge in [0.25, 0.3) is 0 Å². The third kappa shape index (κ3) is 12.7. The lowest BCUT2D eigenvalue weighted by Gasteiger charge is -2.18. The minimum absolute atomic E-state index is 1.02. The summed E-state index contributed by atoms with van der Waals surface area (Å²) in [5.74, 6) is 0. The van der Waals surface area contributed by atoms with Crippen LogP contribution in [0.1, 0.15) is 164 Å². The quantitative estimate of drug-likeness (QED) is 0.107. The Bertz CT molecular complexity index is 867. The van der Waals surface area contributed by atoms with Crippen LogP contribution in [0.5, 0.6) is 0 Å². The highest BCUT2D eigenvalue weighted by atomic mass is 14.6. The number of hydrogen-bond donors (Lipinski definition) is 2. The number of aryl methyl sites for hydroxylation is 6. The SMILES string of the molecule is CCCCCCc1cc(CCc2cc(CCCCCC)c(N)cc2CCCCCC)c(CCCCCC)cc1N. The largest absolute Gasteiger partial charge is 0.398 e. The number of nitrogens with two attached hydrogens (primary N) is 2. The molecule has 0 atom stereocenters. The highest BCUT2D eigenvalue weighted by Gasteiger charge is 2.13. The van der Waals surface area contributed by atoms with E-state index in [2.05, 4.69) is 52.0 Å². The molecule has 2 aromatic rings. The van der Waals surface area contributed by atoms with Crippen molar-refractivity contribution in [2.24, 2.45) is 0 Å². The van der Waals surface area contributed by atoms with Crippen molar-refractivity contribution in [3.05, 3.63) is 57.6 Å². The Labute approximate surface area is 249 Å². The maximum Gasteiger partial charge on any atom is 0.0349 e. The third-order valence-corrected chi connectivity index (χ3v) is 8.79. The molecule has 0 amide bonds. The van der Waals surface area contributed by atoms with Gasteiger partial charge in [0, 0.05) is 11.4 Å². The first-order chi connectivity index (χ1) is 19.5. The fourth-order valence-corrected chi connectivity index (χ4v) is 6.12. The number of nitrogen functional groups attached to an aromatic ring is 2. The van der Waals surface area contributed by atoms with Gasteiger partial charge in [-0.25, -0.2) is 0 Å². The lowest BCUT2D eigenvalue weighted by molar-refractivity contribution is 0.658. The molecule has 2 nitrogen and oxygen atoms in total. The highest BCUT2D eigenvalue weighted by molar-refractivity contribution is 5.54. The Morgan fingerprint density at radius 1 is 0.325 bits per heavy atom. The molecule has 2 heteroatoms. The first-order valence-electron chi connectivity index (χ1n) is 17.3. The average Bonchev–Trinajstić information content (AvgIpc) is 2.95. The van der Waals surface area contributed by atoms with Crippen molar-refractivity contribution in [3.8, 4) is 0 Å². The summed E-state index contributed by atoms with van der Waals surface area (Å²) in [5, 5.41) is 0. The summed E-state index contributed by atoms with van der Waals surface area (Å²) >= 11 is 0. The maximum absolute atomic E-state index is 6.64. The zero-order chi connectivity index (χ0) is 29.0. The minimum Gasteiger partial charge on any atom is -0.398 e. The number of rotatable bonds is 23. The number of unbranched alkanes of at least 4 members (excludes halogenated alkanes) is 12. The molecule has 0 aliphatic rings. The smallest absolute Gasteiger partial charge is 0.0349 e. The first kappa shape index (κ1) is 34.2. The van der Waals surface area contributed by atoms with E-state index in [1.54, 1.807) is 0 Å². The second-order valence-electron chi connectivity index (χ2n) is 12.4. The fraction of sp³-hybridized carbons (Fsp3) is 0.684. The monoisotopic (exact) mass is 549 g/mol. The van der Waals surface area contributed by atoms with Gasteiger partial charge in [0.1, 0.15) is 0 Å². The van der Waals surface area contributed by atoms with Gasteiger partial charge >= 0.3 is 0 Å². The van der Waals surface area contributed by atoms with Crippen molar-refractivity contribution in [2.45, 2.75) is 169 Å². The van der Waals surface area contributed by atoms with Crippen LogP contribution in [0.25, 0.3) is 0 Å². The van der Waals surface area contributed by atoms with E-state index in [1.807, 2.05) is 0 Å². The molecule has 0 fully saturated rings. The maximum atomic E-state index is 6.64. The van der Waals surface area contributed by atoms with E-state index >= 15 is 0 Å². The van der Waals surface area contributed by atoms with E-state index in [0.717, 1.165) is 49.9 Å². The van der Waals surface area contributed by atoms with Gasteiger partial charge in [-0.2, -0.15) is 0 Å². The normalized spacial score (nSPS) is 11.4. The summed E-state index contributed by atoms with van der Waals surface area (Å²) < 4.78 is 0. The number of benzene rings is 2. The molecule has 2 rings (SSSR count). The Hall–Kier alpha value is -1.96. The van der Waals surface area contributed by atoms with E-state index in [9.17, 15) is 0 Å². The average molecular weight is 549 g/mol. The van der Waals surface area contributed by atoms with Gasteiger partial charge in [0.05, 0.1) is 0 Å². The molecule has 0 spiro atoms. The molecule has 4 N–H and O–H groups in total. The van der Waals surface area contributed by atoms with Crippen LogP contribution >= 0.6 is 0 Å². The summed E-state index contributed by atoms with van der Waals surface area (Å²) in [6.07, 6.45) is 27.4. The molecule has 226 valence electrons. The van der Waals surface area contributed by atoms with Crippen LogP contribution in [0.2, 0.25) is 0 Å². The van der Waals surface area contributed by atoms with E-state index in [1.165, 1.54) is 136 Å². The minimum atomic E-state index is 1.02. The first-order valence-corrected chi connectivity index (χ1v) is 17.3. The van der Waals surface area contributed by atoms with Gasteiger partial charge < -0.3 is 11.5 Å². The van der Waals surface area contributed by atoms with Crippen molar-refractivity contribution in [3.63, 3.8) is 0 Å². The van der Waals surface area contributed by atoms with Crippen LogP contribution in [-0.2, 0) is 38.5 Å². The Morgan fingerprint density at radius 3 is 0.900 bits per heavy atom. The molecule has 0 bridgehead atoms. The van der Waals surface area contributed by atoms with Crippen molar-refractivity contribution in [2.75, 3.05) is 11.5 Å². The fourth-order valence-electron chi connectivity index (χ4n) is 6.12. The molecular formula is C38H64N2. The molecule has 2 aromatic carbocycles. The summed E-state index contributed by atoms with van der Waals surface area (Å²) in [4.78, 5) is 0. The van der Waals surface area contributed by atoms with Crippen LogP contribution in [0, 0.1) is 0 Å². The summed E-state index contributed by atoms with van der Waals surface area (Å²) in [5.41, 5.74) is 24.1. The van der Waals surface area contributed by atoms with Crippen LogP contribution < -0.4 is 11.5 Å². The second kappa shape index (κ2) is 20.8. The van der Waals surface area contributed by atoms with Crippen LogP contribution in [-0.4, -0.2) is 0 Å². The predicted molar refractivity (Wildman–Crippen MR) is 181 cm³/mol. The Kier molecular flexibility index (Phi) is 17.8. The topological polar surface area (TPSA) is 52.0 Å². The Balaban J connectivity index is 2.27. The van der Waals surface area contributed by atoms with Crippen LogP contribution in [0.3, 0.4) is 0 Å². The van der Waals surface area contributed by atoms with Crippen molar-refractivity contribution in [1.29, 1.82) is 0 Å². The van der Waals surface area contributed by atoms with E-state index in [4.69, 9.17) is 11.5 Å². The molecule has 0 aromatic heterocycles. The molecule has 0 aliphatic heterocycles. The summed E-state index contributed by atoms with van der Waals surface area (Å²) in [6, 6.07) is 9.65. The van der Waals surface area contributed by atoms with Crippen molar-refractivity contribution >= 4 is 11.4 Å². The van der Waals surface area contributed by atoms with Gasteiger partial charge in [-0.15, -0.1) is 0 Å². The number of hydrogen-bond acceptors (Lipinski definition) is 2.